The van der Waals surface area contributed by atoms with Gasteiger partial charge in [-0.2, -0.15) is 5.10 Å². The number of aromatic nitrogens is 2. The highest BCUT2D eigenvalue weighted by Gasteiger charge is 2.11. The highest BCUT2D eigenvalue weighted by molar-refractivity contribution is 5.12. The molecule has 4 nitrogen and oxygen atoms in total. The fourth-order valence-corrected chi connectivity index (χ4v) is 1.42. The topological polar surface area (TPSA) is 64.1 Å². The van der Waals surface area contributed by atoms with Crippen LogP contribution in [0.3, 0.4) is 0 Å². The first kappa shape index (κ1) is 11.2. The van der Waals surface area contributed by atoms with E-state index in [1.165, 1.54) is 0 Å². The monoisotopic (exact) mass is 197 g/mol. The van der Waals surface area contributed by atoms with Crippen LogP contribution >= 0.6 is 0 Å². The molecule has 0 aliphatic heterocycles. The predicted molar refractivity (Wildman–Crippen MR) is 56.1 cm³/mol. The third-order valence-corrected chi connectivity index (χ3v) is 2.38. The van der Waals surface area contributed by atoms with Gasteiger partial charge < -0.3 is 10.8 Å². The molecule has 4 heteroatoms. The van der Waals surface area contributed by atoms with Crippen LogP contribution in [-0.4, -0.2) is 28.0 Å². The van der Waals surface area contributed by atoms with Crippen LogP contribution in [-0.2, 0) is 0 Å². The van der Waals surface area contributed by atoms with E-state index in [1.807, 2.05) is 17.1 Å². The van der Waals surface area contributed by atoms with Crippen LogP contribution in [0.25, 0.3) is 0 Å². The van der Waals surface area contributed by atoms with Crippen LogP contribution < -0.4 is 5.73 Å². The lowest BCUT2D eigenvalue weighted by atomic mass is 10.00. The van der Waals surface area contributed by atoms with E-state index in [1.54, 1.807) is 0 Å². The Morgan fingerprint density at radius 1 is 1.57 bits per heavy atom. The molecule has 0 aliphatic carbocycles. The Morgan fingerprint density at radius 3 is 2.71 bits per heavy atom. The molecule has 1 unspecified atom stereocenters. The van der Waals surface area contributed by atoms with E-state index in [2.05, 4.69) is 18.9 Å². The fraction of sp³-hybridized carbons (Fsp3) is 0.700. The summed E-state index contributed by atoms with van der Waals surface area (Å²) in [5, 5.41) is 13.1. The Hall–Kier alpha value is -0.870. The van der Waals surface area contributed by atoms with Gasteiger partial charge in [-0.05, 0) is 32.4 Å². The maximum Gasteiger partial charge on any atom is 0.0525 e. The number of rotatable bonds is 5. The lowest BCUT2D eigenvalue weighted by Crippen LogP contribution is -2.13. The van der Waals surface area contributed by atoms with Crippen molar-refractivity contribution in [1.29, 1.82) is 0 Å². The number of nitrogens with zero attached hydrogens (tertiary/aromatic N) is 2. The van der Waals surface area contributed by atoms with Crippen molar-refractivity contribution in [2.45, 2.75) is 32.2 Å². The zero-order valence-corrected chi connectivity index (χ0v) is 8.85. The Morgan fingerprint density at radius 2 is 2.29 bits per heavy atom. The summed E-state index contributed by atoms with van der Waals surface area (Å²) in [5.41, 5.74) is 6.75. The molecule has 1 atom stereocenters. The van der Waals surface area contributed by atoms with E-state index >= 15 is 0 Å². The predicted octanol–water partition coefficient (Wildman–Crippen LogP) is 0.889. The number of aliphatic hydroxyl groups is 1. The first-order valence-electron chi connectivity index (χ1n) is 5.04. The molecule has 80 valence electrons. The Kier molecular flexibility index (Phi) is 4.10. The number of aliphatic hydroxyl groups excluding tert-OH is 1. The van der Waals surface area contributed by atoms with Gasteiger partial charge in [-0.25, -0.2) is 0 Å². The van der Waals surface area contributed by atoms with Gasteiger partial charge >= 0.3 is 0 Å². The molecule has 0 saturated carbocycles. The summed E-state index contributed by atoms with van der Waals surface area (Å²) >= 11 is 0. The molecule has 0 amide bonds. The van der Waals surface area contributed by atoms with E-state index in [4.69, 9.17) is 10.8 Å². The minimum absolute atomic E-state index is 0.175. The van der Waals surface area contributed by atoms with Gasteiger partial charge in [0.25, 0.3) is 0 Å². The third kappa shape index (κ3) is 2.56. The van der Waals surface area contributed by atoms with Crippen LogP contribution in [0.2, 0.25) is 0 Å². The Labute approximate surface area is 84.7 Å². The summed E-state index contributed by atoms with van der Waals surface area (Å²) in [6.07, 6.45) is 4.56. The first-order chi connectivity index (χ1) is 6.69. The van der Waals surface area contributed by atoms with Crippen molar-refractivity contribution < 1.29 is 5.11 Å². The SMILES string of the molecule is CC(C)n1cc(C(CN)CCO)cn1. The van der Waals surface area contributed by atoms with Crippen LogP contribution in [0.15, 0.2) is 12.4 Å². The second-order valence-electron chi connectivity index (χ2n) is 3.79. The average molecular weight is 197 g/mol. The molecule has 1 heterocycles. The van der Waals surface area contributed by atoms with Crippen molar-refractivity contribution in [3.8, 4) is 0 Å². The Balaban J connectivity index is 2.73. The first-order valence-corrected chi connectivity index (χ1v) is 5.04. The van der Waals surface area contributed by atoms with Gasteiger partial charge in [-0.3, -0.25) is 4.68 Å². The van der Waals surface area contributed by atoms with Gasteiger partial charge in [0.1, 0.15) is 0 Å². The number of hydrogen-bond acceptors (Lipinski definition) is 3. The van der Waals surface area contributed by atoms with Crippen molar-refractivity contribution in [3.63, 3.8) is 0 Å². The van der Waals surface area contributed by atoms with Gasteiger partial charge in [0, 0.05) is 24.8 Å². The maximum absolute atomic E-state index is 8.86. The van der Waals surface area contributed by atoms with Crippen LogP contribution in [0.4, 0.5) is 0 Å². The summed E-state index contributed by atoms with van der Waals surface area (Å²) < 4.78 is 1.91. The van der Waals surface area contributed by atoms with E-state index in [-0.39, 0.29) is 12.5 Å². The van der Waals surface area contributed by atoms with Crippen molar-refractivity contribution >= 4 is 0 Å². The fourth-order valence-electron chi connectivity index (χ4n) is 1.42. The summed E-state index contributed by atoms with van der Waals surface area (Å²) in [7, 11) is 0. The molecule has 1 aromatic rings. The highest BCUT2D eigenvalue weighted by atomic mass is 16.3. The van der Waals surface area contributed by atoms with E-state index < -0.39 is 0 Å². The standard InChI is InChI=1S/C10H19N3O/c1-8(2)13-7-10(6-12-13)9(5-11)3-4-14/h6-9,14H,3-5,11H2,1-2H3. The molecule has 0 radical (unpaired) electrons. The summed E-state index contributed by atoms with van der Waals surface area (Å²) in [6, 6.07) is 0.372. The number of hydrogen-bond donors (Lipinski definition) is 2. The summed E-state index contributed by atoms with van der Waals surface area (Å²) in [4.78, 5) is 0. The Bertz CT molecular complexity index is 270. The van der Waals surface area contributed by atoms with Gasteiger partial charge in [-0.1, -0.05) is 0 Å². The average Bonchev–Trinajstić information content (AvgIpc) is 2.63. The molecule has 0 aromatic carbocycles. The van der Waals surface area contributed by atoms with Crippen molar-refractivity contribution in [2.75, 3.05) is 13.2 Å². The van der Waals surface area contributed by atoms with E-state index in [0.29, 0.717) is 19.0 Å². The van der Waals surface area contributed by atoms with E-state index in [9.17, 15) is 0 Å². The normalized spacial score (nSPS) is 13.5. The van der Waals surface area contributed by atoms with Crippen LogP contribution in [0, 0.1) is 0 Å². The summed E-state index contributed by atoms with van der Waals surface area (Å²) in [6.45, 7) is 4.90. The smallest absolute Gasteiger partial charge is 0.0525 e. The molecule has 0 bridgehead atoms. The highest BCUT2D eigenvalue weighted by Crippen LogP contribution is 2.18. The third-order valence-electron chi connectivity index (χ3n) is 2.38. The molecule has 1 aromatic heterocycles. The minimum Gasteiger partial charge on any atom is -0.396 e. The summed E-state index contributed by atoms with van der Waals surface area (Å²) in [5.74, 6) is 0.229. The molecule has 0 saturated heterocycles. The van der Waals surface area contributed by atoms with Gasteiger partial charge in [0.2, 0.25) is 0 Å². The van der Waals surface area contributed by atoms with Crippen molar-refractivity contribution in [1.82, 2.24) is 9.78 Å². The van der Waals surface area contributed by atoms with Gasteiger partial charge in [0.15, 0.2) is 0 Å². The zero-order valence-electron chi connectivity index (χ0n) is 8.85. The lowest BCUT2D eigenvalue weighted by Gasteiger charge is -2.10. The van der Waals surface area contributed by atoms with Crippen molar-refractivity contribution in [2.24, 2.45) is 5.73 Å². The maximum atomic E-state index is 8.86. The van der Waals surface area contributed by atoms with Gasteiger partial charge in [0.05, 0.1) is 6.20 Å². The second kappa shape index (κ2) is 5.12. The largest absolute Gasteiger partial charge is 0.396 e. The lowest BCUT2D eigenvalue weighted by molar-refractivity contribution is 0.276. The molecule has 0 fully saturated rings. The quantitative estimate of drug-likeness (QED) is 0.736. The van der Waals surface area contributed by atoms with Crippen LogP contribution in [0.1, 0.15) is 37.8 Å². The van der Waals surface area contributed by atoms with Gasteiger partial charge in [-0.15, -0.1) is 0 Å². The molecule has 0 aliphatic rings. The van der Waals surface area contributed by atoms with Crippen LogP contribution in [0.5, 0.6) is 0 Å². The molecule has 0 spiro atoms. The molecule has 3 N–H and O–H groups in total. The zero-order chi connectivity index (χ0) is 10.6. The molecular formula is C10H19N3O. The van der Waals surface area contributed by atoms with Crippen molar-refractivity contribution in [3.05, 3.63) is 18.0 Å². The minimum atomic E-state index is 0.175. The molecular weight excluding hydrogens is 178 g/mol. The second-order valence-corrected chi connectivity index (χ2v) is 3.79. The number of nitrogens with two attached hydrogens (primary N) is 1. The van der Waals surface area contributed by atoms with E-state index in [0.717, 1.165) is 5.56 Å². The molecule has 1 rings (SSSR count). The molecule has 14 heavy (non-hydrogen) atoms.